The number of benzene rings is 2. The Bertz CT molecular complexity index is 1130. The molecule has 0 atom stereocenters. The molecule has 1 saturated heterocycles. The molecule has 1 aliphatic rings. The molecule has 3 rings (SSSR count). The Balaban J connectivity index is 1.77. The monoisotopic (exact) mass is 513 g/mol. The lowest BCUT2D eigenvalue weighted by Gasteiger charge is -2.14. The molecule has 0 radical (unpaired) electrons. The molecule has 0 spiro atoms. The van der Waals surface area contributed by atoms with Gasteiger partial charge in [-0.3, -0.25) is 9.59 Å². The Kier molecular flexibility index (Phi) is 7.89. The molecule has 0 aromatic heterocycles. The predicted octanol–water partition coefficient (Wildman–Crippen LogP) is 4.12. The van der Waals surface area contributed by atoms with Gasteiger partial charge in [-0.05, 0) is 41.8 Å². The third kappa shape index (κ3) is 5.61. The van der Waals surface area contributed by atoms with E-state index in [1.165, 1.54) is 13.2 Å². The van der Waals surface area contributed by atoms with E-state index in [-0.39, 0.29) is 5.70 Å². The maximum Gasteiger partial charge on any atom is 0.329 e. The van der Waals surface area contributed by atoms with Crippen molar-refractivity contribution in [1.82, 2.24) is 10.2 Å². The summed E-state index contributed by atoms with van der Waals surface area (Å²) in [4.78, 5) is 38.6. The van der Waals surface area contributed by atoms with Crippen LogP contribution in [0.3, 0.4) is 0 Å². The minimum Gasteiger partial charge on any atom is -0.493 e. The Morgan fingerprint density at radius 1 is 1.24 bits per heavy atom. The summed E-state index contributed by atoms with van der Waals surface area (Å²) in [5.74, 6) is -0.114. The van der Waals surface area contributed by atoms with Crippen molar-refractivity contribution in [2.75, 3.05) is 25.6 Å². The lowest BCUT2D eigenvalue weighted by Crippen LogP contribution is -2.38. The summed E-state index contributed by atoms with van der Waals surface area (Å²) in [5, 5.41) is 5.28. The number of hydrogen-bond acceptors (Lipinski definition) is 5. The Hall–Kier alpha value is -3.59. The van der Waals surface area contributed by atoms with E-state index in [0.29, 0.717) is 33.8 Å². The average Bonchev–Trinajstić information content (AvgIpc) is 3.06. The van der Waals surface area contributed by atoms with Gasteiger partial charge in [0.15, 0.2) is 11.5 Å². The fourth-order valence-corrected chi connectivity index (χ4v) is 3.67. The van der Waals surface area contributed by atoms with Crippen LogP contribution in [-0.2, 0) is 16.0 Å². The van der Waals surface area contributed by atoms with Crippen molar-refractivity contribution in [3.05, 3.63) is 70.3 Å². The van der Waals surface area contributed by atoms with E-state index in [2.05, 4.69) is 33.1 Å². The fraction of sp³-hybridized carbons (Fsp3) is 0.208. The zero-order valence-electron chi connectivity index (χ0n) is 18.3. The summed E-state index contributed by atoms with van der Waals surface area (Å²) in [6.45, 7) is 5.49. The number of ether oxygens (including phenoxy) is 2. The molecule has 0 saturated carbocycles. The van der Waals surface area contributed by atoms with Crippen LogP contribution in [0.15, 0.2) is 59.2 Å². The van der Waals surface area contributed by atoms with E-state index in [0.717, 1.165) is 16.9 Å². The molecule has 2 N–H and O–H groups in total. The first kappa shape index (κ1) is 24.1. The summed E-state index contributed by atoms with van der Waals surface area (Å²) < 4.78 is 11.5. The van der Waals surface area contributed by atoms with Crippen LogP contribution in [0.25, 0.3) is 6.08 Å². The van der Waals surface area contributed by atoms with Crippen LogP contribution in [-0.4, -0.2) is 43.0 Å². The normalized spacial score (nSPS) is 14.3. The average molecular weight is 514 g/mol. The molecular formula is C24H24BrN3O5. The smallest absolute Gasteiger partial charge is 0.329 e. The zero-order valence-corrected chi connectivity index (χ0v) is 19.9. The molecule has 0 unspecified atom stereocenters. The first-order valence-corrected chi connectivity index (χ1v) is 11.0. The number of halogens is 1. The van der Waals surface area contributed by atoms with Crippen LogP contribution in [0, 0.1) is 0 Å². The first-order chi connectivity index (χ1) is 15.9. The highest BCUT2D eigenvalue weighted by molar-refractivity contribution is 9.10. The topological polar surface area (TPSA) is 97.0 Å². The van der Waals surface area contributed by atoms with Gasteiger partial charge in [0.2, 0.25) is 5.91 Å². The van der Waals surface area contributed by atoms with Gasteiger partial charge in [-0.15, -0.1) is 0 Å². The summed E-state index contributed by atoms with van der Waals surface area (Å²) in [6.07, 6.45) is 3.86. The molecule has 1 fully saturated rings. The highest BCUT2D eigenvalue weighted by Gasteiger charge is 2.35. The number of hydrogen-bond donors (Lipinski definition) is 2. The molecule has 172 valence electrons. The molecule has 33 heavy (non-hydrogen) atoms. The predicted molar refractivity (Wildman–Crippen MR) is 129 cm³/mol. The highest BCUT2D eigenvalue weighted by atomic mass is 79.9. The van der Waals surface area contributed by atoms with Gasteiger partial charge in [-0.2, -0.15) is 0 Å². The lowest BCUT2D eigenvalue weighted by atomic mass is 10.1. The molecule has 2 aromatic rings. The molecule has 4 amide bonds. The van der Waals surface area contributed by atoms with E-state index in [1.54, 1.807) is 24.3 Å². The van der Waals surface area contributed by atoms with Gasteiger partial charge in [0.1, 0.15) is 18.8 Å². The standard InChI is InChI=1S/C24H24BrN3O5/c1-4-10-33-21-13-17(25)16(12-20(21)32-3)11-19-23(30)28(24(31)27-19)14-22(29)26-18-9-7-6-8-15(18)5-2/h4,6-9,11-13H,1,5,10,14H2,2-3H3,(H,26,29)(H,27,31)/b19-11+. The molecule has 0 aliphatic carbocycles. The highest BCUT2D eigenvalue weighted by Crippen LogP contribution is 2.35. The molecule has 1 aliphatic heterocycles. The number of aryl methyl sites for hydroxylation is 1. The van der Waals surface area contributed by atoms with Gasteiger partial charge in [0, 0.05) is 10.2 Å². The number of methoxy groups -OCH3 is 1. The molecule has 8 nitrogen and oxygen atoms in total. The minimum atomic E-state index is -0.667. The molecular weight excluding hydrogens is 490 g/mol. The van der Waals surface area contributed by atoms with E-state index in [1.807, 2.05) is 25.1 Å². The number of urea groups is 1. The summed E-state index contributed by atoms with van der Waals surface area (Å²) in [5.41, 5.74) is 2.25. The van der Waals surface area contributed by atoms with Gasteiger partial charge in [0.05, 0.1) is 7.11 Å². The third-order valence-electron chi connectivity index (χ3n) is 4.88. The van der Waals surface area contributed by atoms with Crippen LogP contribution in [0.1, 0.15) is 18.1 Å². The van der Waals surface area contributed by atoms with Crippen molar-refractivity contribution in [2.45, 2.75) is 13.3 Å². The van der Waals surface area contributed by atoms with Crippen molar-refractivity contribution in [2.24, 2.45) is 0 Å². The van der Waals surface area contributed by atoms with Gasteiger partial charge in [-0.1, -0.05) is 53.7 Å². The number of nitrogens with one attached hydrogen (secondary N) is 2. The summed E-state index contributed by atoms with van der Waals surface area (Å²) in [6, 6.07) is 10.1. The van der Waals surface area contributed by atoms with Crippen molar-refractivity contribution < 1.29 is 23.9 Å². The van der Waals surface area contributed by atoms with Crippen LogP contribution in [0.5, 0.6) is 11.5 Å². The second-order valence-electron chi connectivity index (χ2n) is 7.06. The minimum absolute atomic E-state index is 0.0456. The SMILES string of the molecule is C=CCOc1cc(Br)c(/C=C2/NC(=O)N(CC(=O)Nc3ccccc3CC)C2=O)cc1OC. The Morgan fingerprint density at radius 2 is 2.00 bits per heavy atom. The van der Waals surface area contributed by atoms with Crippen LogP contribution < -0.4 is 20.1 Å². The number of anilines is 1. The Morgan fingerprint density at radius 3 is 2.70 bits per heavy atom. The van der Waals surface area contributed by atoms with Crippen molar-refractivity contribution in [1.29, 1.82) is 0 Å². The maximum atomic E-state index is 12.8. The number of carbonyl (C=O) groups is 3. The maximum absolute atomic E-state index is 12.8. The number of para-hydroxylation sites is 1. The van der Waals surface area contributed by atoms with E-state index in [9.17, 15) is 14.4 Å². The van der Waals surface area contributed by atoms with Crippen molar-refractivity contribution in [3.8, 4) is 11.5 Å². The Labute approximate surface area is 200 Å². The lowest BCUT2D eigenvalue weighted by molar-refractivity contribution is -0.127. The number of carbonyl (C=O) groups excluding carboxylic acids is 3. The number of imide groups is 1. The van der Waals surface area contributed by atoms with Gasteiger partial charge >= 0.3 is 6.03 Å². The second-order valence-corrected chi connectivity index (χ2v) is 7.92. The first-order valence-electron chi connectivity index (χ1n) is 10.2. The van der Waals surface area contributed by atoms with Gasteiger partial charge in [-0.25, -0.2) is 9.69 Å². The zero-order chi connectivity index (χ0) is 24.0. The fourth-order valence-electron chi connectivity index (χ4n) is 3.24. The second kappa shape index (κ2) is 10.8. The van der Waals surface area contributed by atoms with Crippen LogP contribution >= 0.6 is 15.9 Å². The van der Waals surface area contributed by atoms with E-state index < -0.39 is 24.4 Å². The molecule has 2 aromatic carbocycles. The molecule has 9 heteroatoms. The summed E-state index contributed by atoms with van der Waals surface area (Å²) in [7, 11) is 1.50. The number of amides is 4. The summed E-state index contributed by atoms with van der Waals surface area (Å²) >= 11 is 3.44. The van der Waals surface area contributed by atoms with Crippen molar-refractivity contribution >= 4 is 45.5 Å². The largest absolute Gasteiger partial charge is 0.493 e. The quantitative estimate of drug-likeness (QED) is 0.298. The van der Waals surface area contributed by atoms with E-state index >= 15 is 0 Å². The van der Waals surface area contributed by atoms with Gasteiger partial charge in [0.25, 0.3) is 5.91 Å². The van der Waals surface area contributed by atoms with Crippen LogP contribution in [0.2, 0.25) is 0 Å². The molecule has 1 heterocycles. The third-order valence-corrected chi connectivity index (χ3v) is 5.56. The van der Waals surface area contributed by atoms with Crippen LogP contribution in [0.4, 0.5) is 10.5 Å². The molecule has 0 bridgehead atoms. The van der Waals surface area contributed by atoms with Gasteiger partial charge < -0.3 is 20.1 Å². The number of rotatable bonds is 9. The number of nitrogens with zero attached hydrogens (tertiary/aromatic N) is 1. The van der Waals surface area contributed by atoms with E-state index in [4.69, 9.17) is 9.47 Å². The van der Waals surface area contributed by atoms with Crippen molar-refractivity contribution in [3.63, 3.8) is 0 Å².